The lowest BCUT2D eigenvalue weighted by Crippen LogP contribution is -2.42. The number of nitrogens with one attached hydrogen (secondary N) is 1. The lowest BCUT2D eigenvalue weighted by atomic mass is 9.97. The minimum absolute atomic E-state index is 0. The molecular weight excluding hydrogens is 166 g/mol. The van der Waals surface area contributed by atoms with E-state index in [1.807, 2.05) is 0 Å². The van der Waals surface area contributed by atoms with Crippen LogP contribution in [0.1, 0.15) is 6.42 Å². The molecule has 1 aliphatic rings. The largest absolute Gasteiger partial charge is 0.396 e. The molecule has 2 N–H and O–H groups in total. The molecule has 0 bridgehead atoms. The van der Waals surface area contributed by atoms with Gasteiger partial charge in [0.05, 0.1) is 6.10 Å². The number of rotatable bonds is 2. The fraction of sp³-hybridized carbons (Fsp3) is 1.00. The van der Waals surface area contributed by atoms with Gasteiger partial charge in [-0.15, -0.1) is 12.4 Å². The third kappa shape index (κ3) is 2.95. The predicted molar refractivity (Wildman–Crippen MR) is 46.1 cm³/mol. The van der Waals surface area contributed by atoms with Crippen molar-refractivity contribution in [2.75, 3.05) is 26.8 Å². The maximum atomic E-state index is 8.87. The first-order valence-corrected chi connectivity index (χ1v) is 3.73. The Morgan fingerprint density at radius 3 is 2.82 bits per heavy atom. The van der Waals surface area contributed by atoms with Gasteiger partial charge in [0.2, 0.25) is 0 Å². The third-order valence-electron chi connectivity index (χ3n) is 2.08. The summed E-state index contributed by atoms with van der Waals surface area (Å²) in [6.45, 7) is 2.12. The van der Waals surface area contributed by atoms with Gasteiger partial charge in [0.15, 0.2) is 0 Å². The Hall–Kier alpha value is 0.170. The van der Waals surface area contributed by atoms with Crippen molar-refractivity contribution in [3.8, 4) is 0 Å². The molecule has 1 saturated heterocycles. The highest BCUT2D eigenvalue weighted by molar-refractivity contribution is 5.85. The fourth-order valence-corrected chi connectivity index (χ4v) is 1.39. The SMILES string of the molecule is COC1CCNCC1CO.Cl. The lowest BCUT2D eigenvalue weighted by molar-refractivity contribution is 0.00763. The number of methoxy groups -OCH3 is 1. The summed E-state index contributed by atoms with van der Waals surface area (Å²) in [6, 6.07) is 0. The zero-order valence-electron chi connectivity index (χ0n) is 6.75. The highest BCUT2D eigenvalue weighted by Crippen LogP contribution is 2.12. The summed E-state index contributed by atoms with van der Waals surface area (Å²) in [6.07, 6.45) is 1.27. The fourth-order valence-electron chi connectivity index (χ4n) is 1.39. The van der Waals surface area contributed by atoms with Crippen LogP contribution in [0.15, 0.2) is 0 Å². The molecule has 0 aromatic rings. The van der Waals surface area contributed by atoms with E-state index in [4.69, 9.17) is 9.84 Å². The van der Waals surface area contributed by atoms with Crippen LogP contribution >= 0.6 is 12.4 Å². The van der Waals surface area contributed by atoms with Gasteiger partial charge in [-0.1, -0.05) is 0 Å². The van der Waals surface area contributed by atoms with Crippen molar-refractivity contribution in [3.05, 3.63) is 0 Å². The van der Waals surface area contributed by atoms with E-state index < -0.39 is 0 Å². The van der Waals surface area contributed by atoms with Crippen LogP contribution in [0.2, 0.25) is 0 Å². The van der Waals surface area contributed by atoms with E-state index in [1.165, 1.54) is 0 Å². The van der Waals surface area contributed by atoms with Crippen molar-refractivity contribution in [2.45, 2.75) is 12.5 Å². The topological polar surface area (TPSA) is 41.5 Å². The van der Waals surface area contributed by atoms with E-state index in [0.717, 1.165) is 19.5 Å². The Morgan fingerprint density at radius 2 is 2.36 bits per heavy atom. The summed E-state index contributed by atoms with van der Waals surface area (Å²) in [7, 11) is 1.71. The zero-order chi connectivity index (χ0) is 7.40. The van der Waals surface area contributed by atoms with E-state index in [1.54, 1.807) is 7.11 Å². The highest BCUT2D eigenvalue weighted by Gasteiger charge is 2.23. The van der Waals surface area contributed by atoms with Crippen LogP contribution in [0, 0.1) is 5.92 Å². The second-order valence-corrected chi connectivity index (χ2v) is 2.71. The van der Waals surface area contributed by atoms with E-state index in [2.05, 4.69) is 5.32 Å². The maximum absolute atomic E-state index is 8.87. The molecule has 4 heteroatoms. The molecule has 1 aliphatic heterocycles. The predicted octanol–water partition coefficient (Wildman–Crippen LogP) is 0.0250. The van der Waals surface area contributed by atoms with Crippen LogP contribution < -0.4 is 5.32 Å². The Morgan fingerprint density at radius 1 is 1.64 bits per heavy atom. The van der Waals surface area contributed by atoms with Crippen LogP contribution in [-0.4, -0.2) is 38.0 Å². The summed E-state index contributed by atoms with van der Waals surface area (Å²) in [5.41, 5.74) is 0. The van der Waals surface area contributed by atoms with Crippen molar-refractivity contribution in [1.82, 2.24) is 5.32 Å². The molecule has 0 radical (unpaired) electrons. The van der Waals surface area contributed by atoms with Crippen molar-refractivity contribution in [3.63, 3.8) is 0 Å². The standard InChI is InChI=1S/C7H15NO2.ClH/c1-10-7-2-3-8-4-6(7)5-9;/h6-9H,2-5H2,1H3;1H. The molecule has 3 nitrogen and oxygen atoms in total. The van der Waals surface area contributed by atoms with Gasteiger partial charge >= 0.3 is 0 Å². The Balaban J connectivity index is 0.000001000. The zero-order valence-corrected chi connectivity index (χ0v) is 7.56. The van der Waals surface area contributed by atoms with Gasteiger partial charge in [-0.2, -0.15) is 0 Å². The number of halogens is 1. The second kappa shape index (κ2) is 5.77. The molecule has 0 aliphatic carbocycles. The van der Waals surface area contributed by atoms with E-state index in [-0.39, 0.29) is 25.1 Å². The van der Waals surface area contributed by atoms with Crippen molar-refractivity contribution >= 4 is 12.4 Å². The van der Waals surface area contributed by atoms with Crippen LogP contribution in [-0.2, 0) is 4.74 Å². The summed E-state index contributed by atoms with van der Waals surface area (Å²) in [5, 5.41) is 12.1. The van der Waals surface area contributed by atoms with Gasteiger partial charge in [-0.3, -0.25) is 0 Å². The second-order valence-electron chi connectivity index (χ2n) is 2.71. The summed E-state index contributed by atoms with van der Waals surface area (Å²) >= 11 is 0. The summed E-state index contributed by atoms with van der Waals surface area (Å²) in [5.74, 6) is 0.291. The average molecular weight is 182 g/mol. The van der Waals surface area contributed by atoms with Gasteiger partial charge in [0.25, 0.3) is 0 Å². The molecule has 1 fully saturated rings. The van der Waals surface area contributed by atoms with Crippen LogP contribution in [0.5, 0.6) is 0 Å². The van der Waals surface area contributed by atoms with Gasteiger partial charge in [-0.05, 0) is 13.0 Å². The number of ether oxygens (including phenoxy) is 1. The first kappa shape index (κ1) is 11.2. The number of aliphatic hydroxyl groups excluding tert-OH is 1. The maximum Gasteiger partial charge on any atom is 0.0645 e. The minimum Gasteiger partial charge on any atom is -0.396 e. The first-order valence-electron chi connectivity index (χ1n) is 3.73. The summed E-state index contributed by atoms with van der Waals surface area (Å²) < 4.78 is 5.19. The molecule has 11 heavy (non-hydrogen) atoms. The molecule has 68 valence electrons. The molecule has 0 amide bonds. The van der Waals surface area contributed by atoms with Crippen molar-refractivity contribution in [2.24, 2.45) is 5.92 Å². The van der Waals surface area contributed by atoms with Crippen molar-refractivity contribution < 1.29 is 9.84 Å². The smallest absolute Gasteiger partial charge is 0.0645 e. The number of hydrogen-bond donors (Lipinski definition) is 2. The average Bonchev–Trinajstić information content (AvgIpc) is 2.04. The van der Waals surface area contributed by atoms with Crippen LogP contribution in [0.3, 0.4) is 0 Å². The monoisotopic (exact) mass is 181 g/mol. The molecule has 1 rings (SSSR count). The van der Waals surface area contributed by atoms with Gasteiger partial charge < -0.3 is 15.2 Å². The summed E-state index contributed by atoms with van der Waals surface area (Å²) in [4.78, 5) is 0. The normalized spacial score (nSPS) is 31.1. The molecule has 0 saturated carbocycles. The number of piperidine rings is 1. The van der Waals surface area contributed by atoms with Gasteiger partial charge in [0, 0.05) is 26.2 Å². The van der Waals surface area contributed by atoms with Crippen LogP contribution in [0.4, 0.5) is 0 Å². The number of hydrogen-bond acceptors (Lipinski definition) is 3. The van der Waals surface area contributed by atoms with Crippen LogP contribution in [0.25, 0.3) is 0 Å². The molecule has 0 aromatic heterocycles. The Kier molecular flexibility index (Phi) is 5.86. The van der Waals surface area contributed by atoms with E-state index in [0.29, 0.717) is 5.92 Å². The molecular formula is C7H16ClNO2. The van der Waals surface area contributed by atoms with Gasteiger partial charge in [-0.25, -0.2) is 0 Å². The van der Waals surface area contributed by atoms with Gasteiger partial charge in [0.1, 0.15) is 0 Å². The van der Waals surface area contributed by atoms with E-state index in [9.17, 15) is 0 Å². The van der Waals surface area contributed by atoms with Crippen molar-refractivity contribution in [1.29, 1.82) is 0 Å². The third-order valence-corrected chi connectivity index (χ3v) is 2.08. The molecule has 0 spiro atoms. The molecule has 1 heterocycles. The minimum atomic E-state index is 0. The van der Waals surface area contributed by atoms with E-state index >= 15 is 0 Å². The molecule has 2 unspecified atom stereocenters. The number of aliphatic hydroxyl groups is 1. The molecule has 2 atom stereocenters. The quantitative estimate of drug-likeness (QED) is 0.632. The lowest BCUT2D eigenvalue weighted by Gasteiger charge is -2.29. The first-order chi connectivity index (χ1) is 4.88. The Labute approximate surface area is 73.5 Å². The Bertz CT molecular complexity index is 90.4. The highest BCUT2D eigenvalue weighted by atomic mass is 35.5. The molecule has 0 aromatic carbocycles.